The van der Waals surface area contributed by atoms with Gasteiger partial charge in [-0.1, -0.05) is 41.9 Å². The van der Waals surface area contributed by atoms with E-state index in [9.17, 15) is 18.0 Å². The van der Waals surface area contributed by atoms with Crippen molar-refractivity contribution >= 4 is 39.1 Å². The first-order chi connectivity index (χ1) is 15.8. The van der Waals surface area contributed by atoms with Crippen molar-refractivity contribution in [3.05, 3.63) is 59.1 Å². The molecule has 0 spiro atoms. The van der Waals surface area contributed by atoms with Crippen LogP contribution in [0.2, 0.25) is 5.02 Å². The molecule has 0 radical (unpaired) electrons. The van der Waals surface area contributed by atoms with Gasteiger partial charge in [0.05, 0.1) is 11.6 Å². The Bertz CT molecular complexity index is 1130. The van der Waals surface area contributed by atoms with Crippen LogP contribution in [0.15, 0.2) is 53.4 Å². The second-order valence-electron chi connectivity index (χ2n) is 8.16. The van der Waals surface area contributed by atoms with E-state index >= 15 is 0 Å². The van der Waals surface area contributed by atoms with E-state index in [0.29, 0.717) is 39.3 Å². The minimum Gasteiger partial charge on any atom is -0.340 e. The Hall–Kier alpha value is -2.46. The zero-order valence-corrected chi connectivity index (χ0v) is 19.8. The topological polar surface area (TPSA) is 90.0 Å². The molecule has 8 nitrogen and oxygen atoms in total. The highest BCUT2D eigenvalue weighted by Crippen LogP contribution is 2.27. The summed E-state index contributed by atoms with van der Waals surface area (Å²) in [5, 5.41) is 0.138. The molecule has 0 bridgehead atoms. The van der Waals surface area contributed by atoms with Crippen molar-refractivity contribution in [1.29, 1.82) is 0 Å². The van der Waals surface area contributed by atoms with Crippen LogP contribution in [0.25, 0.3) is 0 Å². The predicted molar refractivity (Wildman–Crippen MR) is 127 cm³/mol. The van der Waals surface area contributed by atoms with Gasteiger partial charge in [0, 0.05) is 51.4 Å². The lowest BCUT2D eigenvalue weighted by molar-refractivity contribution is -0.133. The van der Waals surface area contributed by atoms with Crippen LogP contribution < -0.4 is 9.62 Å². The number of fused-ring (bicyclic) bond motifs is 1. The van der Waals surface area contributed by atoms with Gasteiger partial charge in [-0.3, -0.25) is 14.5 Å². The first-order valence-electron chi connectivity index (χ1n) is 11.0. The number of halogens is 1. The molecule has 0 unspecified atom stereocenters. The lowest BCUT2D eigenvalue weighted by Gasteiger charge is -2.35. The summed E-state index contributed by atoms with van der Waals surface area (Å²) in [5.41, 5.74) is 2.20. The van der Waals surface area contributed by atoms with Gasteiger partial charge in [0.25, 0.3) is 0 Å². The number of nitrogens with one attached hydrogen (secondary N) is 1. The second kappa shape index (κ2) is 10.2. The summed E-state index contributed by atoms with van der Waals surface area (Å²) < 4.78 is 27.2. The van der Waals surface area contributed by atoms with Crippen molar-refractivity contribution in [3.63, 3.8) is 0 Å². The van der Waals surface area contributed by atoms with Crippen LogP contribution >= 0.6 is 11.6 Å². The Morgan fingerprint density at radius 3 is 2.36 bits per heavy atom. The summed E-state index contributed by atoms with van der Waals surface area (Å²) in [6, 6.07) is 14.2. The van der Waals surface area contributed by atoms with Gasteiger partial charge in [-0.2, -0.15) is 0 Å². The van der Waals surface area contributed by atoms with E-state index in [-0.39, 0.29) is 34.7 Å². The fraction of sp³-hybridized carbons (Fsp3) is 0.391. The molecule has 0 aliphatic carbocycles. The van der Waals surface area contributed by atoms with E-state index in [1.165, 1.54) is 17.7 Å². The summed E-state index contributed by atoms with van der Waals surface area (Å²) in [6.45, 7) is 3.28. The lowest BCUT2D eigenvalue weighted by atomic mass is 10.2. The Morgan fingerprint density at radius 1 is 0.909 bits per heavy atom. The third-order valence-electron chi connectivity index (χ3n) is 6.03. The van der Waals surface area contributed by atoms with Gasteiger partial charge in [-0.05, 0) is 30.2 Å². The maximum atomic E-state index is 12.8. The Morgan fingerprint density at radius 2 is 1.61 bits per heavy atom. The van der Waals surface area contributed by atoms with Gasteiger partial charge in [-0.15, -0.1) is 0 Å². The van der Waals surface area contributed by atoms with Gasteiger partial charge in [-0.25, -0.2) is 13.1 Å². The largest absolute Gasteiger partial charge is 0.340 e. The molecule has 10 heteroatoms. The van der Waals surface area contributed by atoms with Crippen LogP contribution in [0, 0.1) is 0 Å². The molecular formula is C23H27ClN4O4S. The highest BCUT2D eigenvalue weighted by atomic mass is 35.5. The number of amides is 2. The predicted octanol–water partition coefficient (Wildman–Crippen LogP) is 1.74. The number of benzene rings is 2. The van der Waals surface area contributed by atoms with Crippen LogP contribution in [0.4, 0.5) is 5.69 Å². The minimum atomic E-state index is -3.77. The van der Waals surface area contributed by atoms with Crippen molar-refractivity contribution in [1.82, 2.24) is 14.5 Å². The summed E-state index contributed by atoms with van der Waals surface area (Å²) in [5.74, 6) is -0.0370. The van der Waals surface area contributed by atoms with Crippen molar-refractivity contribution in [2.75, 3.05) is 50.7 Å². The fourth-order valence-electron chi connectivity index (χ4n) is 4.22. The van der Waals surface area contributed by atoms with Gasteiger partial charge in [0.1, 0.15) is 4.90 Å². The van der Waals surface area contributed by atoms with E-state index < -0.39 is 10.0 Å². The van der Waals surface area contributed by atoms with Crippen LogP contribution in [0.5, 0.6) is 0 Å². The summed E-state index contributed by atoms with van der Waals surface area (Å²) in [4.78, 5) is 31.0. The SMILES string of the molecule is O=C(CCNS(=O)(=O)c1ccccc1Cl)N1CCN(CC(=O)N2CCc3ccccc32)CC1. The maximum absolute atomic E-state index is 12.8. The van der Waals surface area contributed by atoms with Crippen molar-refractivity contribution in [2.45, 2.75) is 17.7 Å². The molecule has 2 aliphatic rings. The molecule has 176 valence electrons. The van der Waals surface area contributed by atoms with Crippen LogP contribution in [-0.4, -0.2) is 75.8 Å². The number of hydrogen-bond donors (Lipinski definition) is 1. The van der Waals surface area contributed by atoms with Crippen molar-refractivity contribution in [3.8, 4) is 0 Å². The van der Waals surface area contributed by atoms with E-state index in [4.69, 9.17) is 11.6 Å². The molecule has 1 N–H and O–H groups in total. The van der Waals surface area contributed by atoms with Crippen LogP contribution in [0.3, 0.4) is 0 Å². The van der Waals surface area contributed by atoms with Gasteiger partial charge in [0.15, 0.2) is 0 Å². The first kappa shape index (κ1) is 23.7. The average molecular weight is 491 g/mol. The van der Waals surface area contributed by atoms with Crippen LogP contribution in [0.1, 0.15) is 12.0 Å². The average Bonchev–Trinajstić information content (AvgIpc) is 3.24. The van der Waals surface area contributed by atoms with Crippen molar-refractivity contribution in [2.24, 2.45) is 0 Å². The first-order valence-corrected chi connectivity index (χ1v) is 12.8. The molecule has 2 aromatic carbocycles. The zero-order valence-electron chi connectivity index (χ0n) is 18.2. The molecule has 2 aliphatic heterocycles. The molecular weight excluding hydrogens is 464 g/mol. The van der Waals surface area contributed by atoms with Crippen LogP contribution in [-0.2, 0) is 26.0 Å². The smallest absolute Gasteiger partial charge is 0.242 e. The van der Waals surface area contributed by atoms with Gasteiger partial charge < -0.3 is 9.80 Å². The molecule has 1 saturated heterocycles. The molecule has 33 heavy (non-hydrogen) atoms. The standard InChI is InChI=1S/C23H27ClN4O4S/c24-19-6-2-4-8-21(19)33(31,32)25-11-9-22(29)27-15-13-26(14-16-27)17-23(30)28-12-10-18-5-1-3-7-20(18)28/h1-8,25H,9-17H2. The molecule has 0 atom stereocenters. The third kappa shape index (κ3) is 5.55. The maximum Gasteiger partial charge on any atom is 0.242 e. The zero-order chi connectivity index (χ0) is 23.4. The molecule has 2 heterocycles. The van der Waals surface area contributed by atoms with E-state index in [0.717, 1.165) is 12.1 Å². The Kier molecular flexibility index (Phi) is 7.33. The molecule has 0 aromatic heterocycles. The normalized spacial score (nSPS) is 16.6. The fourth-order valence-corrected chi connectivity index (χ4v) is 5.77. The Balaban J connectivity index is 1.21. The summed E-state index contributed by atoms with van der Waals surface area (Å²) >= 11 is 5.96. The van der Waals surface area contributed by atoms with E-state index in [2.05, 4.69) is 15.7 Å². The van der Waals surface area contributed by atoms with E-state index in [1.54, 1.807) is 17.0 Å². The number of sulfonamides is 1. The third-order valence-corrected chi connectivity index (χ3v) is 7.99. The number of para-hydroxylation sites is 1. The number of piperazine rings is 1. The monoisotopic (exact) mass is 490 g/mol. The quantitative estimate of drug-likeness (QED) is 0.638. The molecule has 2 aromatic rings. The summed E-state index contributed by atoms with van der Waals surface area (Å²) in [6.07, 6.45) is 0.942. The lowest BCUT2D eigenvalue weighted by Crippen LogP contribution is -2.51. The second-order valence-corrected chi connectivity index (χ2v) is 10.3. The Labute approximate surface area is 199 Å². The van der Waals surface area contributed by atoms with Gasteiger partial charge in [0.2, 0.25) is 21.8 Å². The molecule has 0 saturated carbocycles. The number of carbonyl (C=O) groups is 2. The number of nitrogens with zero attached hydrogens (tertiary/aromatic N) is 3. The molecule has 1 fully saturated rings. The summed E-state index contributed by atoms with van der Waals surface area (Å²) in [7, 11) is -3.77. The number of rotatable bonds is 7. The number of hydrogen-bond acceptors (Lipinski definition) is 5. The molecule has 4 rings (SSSR count). The number of carbonyl (C=O) groups excluding carboxylic acids is 2. The highest BCUT2D eigenvalue weighted by Gasteiger charge is 2.28. The number of anilines is 1. The molecule has 2 amide bonds. The minimum absolute atomic E-state index is 0.000537. The highest BCUT2D eigenvalue weighted by molar-refractivity contribution is 7.89. The van der Waals surface area contributed by atoms with Crippen molar-refractivity contribution < 1.29 is 18.0 Å². The van der Waals surface area contributed by atoms with E-state index in [1.807, 2.05) is 23.1 Å². The van der Waals surface area contributed by atoms with Gasteiger partial charge >= 0.3 is 0 Å².